The third kappa shape index (κ3) is 1.97. The zero-order valence-electron chi connectivity index (χ0n) is 9.97. The molecule has 2 aromatic rings. The van der Waals surface area contributed by atoms with Gasteiger partial charge in [0.15, 0.2) is 5.65 Å². The van der Waals surface area contributed by atoms with Gasteiger partial charge in [0.25, 0.3) is 0 Å². The first-order chi connectivity index (χ1) is 8.74. The summed E-state index contributed by atoms with van der Waals surface area (Å²) in [5.74, 6) is 0.661. The Balaban J connectivity index is 1.85. The van der Waals surface area contributed by atoms with E-state index < -0.39 is 0 Å². The van der Waals surface area contributed by atoms with Crippen molar-refractivity contribution in [3.05, 3.63) is 22.6 Å². The van der Waals surface area contributed by atoms with E-state index in [9.17, 15) is 4.79 Å². The molecule has 2 aromatic heterocycles. The molecule has 0 saturated heterocycles. The van der Waals surface area contributed by atoms with Crippen LogP contribution in [0.3, 0.4) is 0 Å². The molecule has 0 amide bonds. The Kier molecular flexibility index (Phi) is 2.75. The molecule has 0 radical (unpaired) electrons. The number of H-pyrrole nitrogens is 1. The maximum absolute atomic E-state index is 11.4. The van der Waals surface area contributed by atoms with E-state index in [-0.39, 0.29) is 17.8 Å². The van der Waals surface area contributed by atoms with Gasteiger partial charge in [0.05, 0.1) is 0 Å². The molecule has 1 aliphatic carbocycles. The summed E-state index contributed by atoms with van der Waals surface area (Å²) >= 11 is 0. The van der Waals surface area contributed by atoms with Crippen molar-refractivity contribution in [1.29, 1.82) is 0 Å². The van der Waals surface area contributed by atoms with Crippen molar-refractivity contribution in [1.82, 2.24) is 19.8 Å². The maximum atomic E-state index is 11.4. The van der Waals surface area contributed by atoms with E-state index in [2.05, 4.69) is 20.6 Å². The summed E-state index contributed by atoms with van der Waals surface area (Å²) in [5.41, 5.74) is 6.25. The molecule has 2 atom stereocenters. The lowest BCUT2D eigenvalue weighted by Crippen LogP contribution is -2.42. The number of rotatable bonds is 2. The average molecular weight is 248 g/mol. The van der Waals surface area contributed by atoms with Gasteiger partial charge in [0.1, 0.15) is 5.82 Å². The fourth-order valence-corrected chi connectivity index (χ4v) is 2.41. The standard InChI is InChI=1S/C11H16N6O/c12-7-3-1-2-4-8(7)13-9-5-6-10-14-15-11(18)17(10)16-9/h5-8H,1-4,12H2,(H,13,16)(H,15,18). The van der Waals surface area contributed by atoms with Crippen LogP contribution in [0.1, 0.15) is 25.7 Å². The van der Waals surface area contributed by atoms with Crippen LogP contribution in [0.2, 0.25) is 0 Å². The van der Waals surface area contributed by atoms with E-state index in [1.807, 2.05) is 6.07 Å². The van der Waals surface area contributed by atoms with Crippen molar-refractivity contribution >= 4 is 11.5 Å². The lowest BCUT2D eigenvalue weighted by atomic mass is 9.91. The molecule has 1 aliphatic rings. The molecule has 96 valence electrons. The Morgan fingerprint density at radius 3 is 3.06 bits per heavy atom. The fraction of sp³-hybridized carbons (Fsp3) is 0.545. The van der Waals surface area contributed by atoms with Crippen LogP contribution < -0.4 is 16.7 Å². The quantitative estimate of drug-likeness (QED) is 0.699. The van der Waals surface area contributed by atoms with Gasteiger partial charge in [-0.1, -0.05) is 12.8 Å². The lowest BCUT2D eigenvalue weighted by molar-refractivity contribution is 0.403. The second kappa shape index (κ2) is 4.41. The third-order valence-electron chi connectivity index (χ3n) is 3.43. The van der Waals surface area contributed by atoms with Gasteiger partial charge in [-0.2, -0.15) is 9.61 Å². The van der Waals surface area contributed by atoms with Crippen molar-refractivity contribution in [3.8, 4) is 0 Å². The molecule has 7 nitrogen and oxygen atoms in total. The van der Waals surface area contributed by atoms with Gasteiger partial charge in [-0.3, -0.25) is 0 Å². The van der Waals surface area contributed by atoms with Crippen LogP contribution in [0.25, 0.3) is 5.65 Å². The monoisotopic (exact) mass is 248 g/mol. The minimum Gasteiger partial charge on any atom is -0.364 e. The molecular weight excluding hydrogens is 232 g/mol. The van der Waals surface area contributed by atoms with Crippen LogP contribution in [-0.2, 0) is 0 Å². The Labute approximate surface area is 103 Å². The summed E-state index contributed by atoms with van der Waals surface area (Å²) in [6, 6.07) is 3.95. The van der Waals surface area contributed by atoms with Crippen molar-refractivity contribution in [2.45, 2.75) is 37.8 Å². The van der Waals surface area contributed by atoms with E-state index in [0.29, 0.717) is 11.5 Å². The zero-order chi connectivity index (χ0) is 12.5. The molecule has 3 rings (SSSR count). The van der Waals surface area contributed by atoms with Gasteiger partial charge >= 0.3 is 5.69 Å². The molecule has 0 aromatic carbocycles. The zero-order valence-corrected chi connectivity index (χ0v) is 9.97. The van der Waals surface area contributed by atoms with E-state index in [0.717, 1.165) is 12.8 Å². The molecular formula is C11H16N6O. The SMILES string of the molecule is NC1CCCCC1Nc1ccc2n[nH]c(=O)n2n1. The minimum absolute atomic E-state index is 0.150. The molecule has 18 heavy (non-hydrogen) atoms. The normalized spacial score (nSPS) is 24.3. The molecule has 4 N–H and O–H groups in total. The van der Waals surface area contributed by atoms with Gasteiger partial charge in [0, 0.05) is 12.1 Å². The number of aromatic nitrogens is 4. The number of nitrogens with zero attached hydrogens (tertiary/aromatic N) is 3. The molecule has 0 aliphatic heterocycles. The highest BCUT2D eigenvalue weighted by Gasteiger charge is 2.21. The van der Waals surface area contributed by atoms with Crippen molar-refractivity contribution in [2.24, 2.45) is 5.73 Å². The second-order valence-corrected chi connectivity index (χ2v) is 4.72. The van der Waals surface area contributed by atoms with Crippen molar-refractivity contribution in [3.63, 3.8) is 0 Å². The summed E-state index contributed by atoms with van der Waals surface area (Å²) in [7, 11) is 0. The number of aromatic amines is 1. The molecule has 7 heteroatoms. The van der Waals surface area contributed by atoms with Crippen LogP contribution in [0.15, 0.2) is 16.9 Å². The number of fused-ring (bicyclic) bond motifs is 1. The molecule has 2 unspecified atom stereocenters. The smallest absolute Gasteiger partial charge is 0.364 e. The highest BCUT2D eigenvalue weighted by atomic mass is 16.2. The Morgan fingerprint density at radius 2 is 2.22 bits per heavy atom. The van der Waals surface area contributed by atoms with E-state index in [4.69, 9.17) is 5.73 Å². The first-order valence-electron chi connectivity index (χ1n) is 6.20. The Morgan fingerprint density at radius 1 is 1.39 bits per heavy atom. The van der Waals surface area contributed by atoms with Crippen LogP contribution >= 0.6 is 0 Å². The number of nitrogens with two attached hydrogens (primary N) is 1. The number of hydrogen-bond donors (Lipinski definition) is 3. The van der Waals surface area contributed by atoms with E-state index in [1.165, 1.54) is 17.4 Å². The number of anilines is 1. The maximum Gasteiger partial charge on any atom is 0.364 e. The summed E-state index contributed by atoms with van der Waals surface area (Å²) in [6.45, 7) is 0. The van der Waals surface area contributed by atoms with Crippen LogP contribution in [0.4, 0.5) is 5.82 Å². The summed E-state index contributed by atoms with van der Waals surface area (Å²) in [4.78, 5) is 11.4. The van der Waals surface area contributed by atoms with Gasteiger partial charge in [-0.05, 0) is 25.0 Å². The summed E-state index contributed by atoms with van der Waals surface area (Å²) in [6.07, 6.45) is 4.44. The largest absolute Gasteiger partial charge is 0.364 e. The lowest BCUT2D eigenvalue weighted by Gasteiger charge is -2.29. The number of nitrogens with one attached hydrogen (secondary N) is 2. The predicted molar refractivity (Wildman–Crippen MR) is 67.5 cm³/mol. The fourth-order valence-electron chi connectivity index (χ4n) is 2.41. The summed E-state index contributed by atoms with van der Waals surface area (Å²) in [5, 5.41) is 13.7. The van der Waals surface area contributed by atoms with Gasteiger partial charge in [-0.25, -0.2) is 9.89 Å². The Hall–Kier alpha value is -1.89. The van der Waals surface area contributed by atoms with E-state index >= 15 is 0 Å². The van der Waals surface area contributed by atoms with Crippen LogP contribution in [0.5, 0.6) is 0 Å². The number of hydrogen-bond acceptors (Lipinski definition) is 5. The second-order valence-electron chi connectivity index (χ2n) is 4.72. The first-order valence-corrected chi connectivity index (χ1v) is 6.20. The molecule has 0 bridgehead atoms. The van der Waals surface area contributed by atoms with Gasteiger partial charge < -0.3 is 11.1 Å². The highest BCUT2D eigenvalue weighted by Crippen LogP contribution is 2.20. The topological polar surface area (TPSA) is 101 Å². The third-order valence-corrected chi connectivity index (χ3v) is 3.43. The highest BCUT2D eigenvalue weighted by molar-refractivity contribution is 5.43. The Bertz CT molecular complexity index is 603. The van der Waals surface area contributed by atoms with Crippen LogP contribution in [0, 0.1) is 0 Å². The minimum atomic E-state index is -0.332. The molecule has 2 heterocycles. The first kappa shape index (κ1) is 11.2. The molecule has 1 saturated carbocycles. The summed E-state index contributed by atoms with van der Waals surface area (Å²) < 4.78 is 1.25. The average Bonchev–Trinajstić information content (AvgIpc) is 2.74. The van der Waals surface area contributed by atoms with Gasteiger partial charge in [0.2, 0.25) is 0 Å². The van der Waals surface area contributed by atoms with E-state index in [1.54, 1.807) is 6.07 Å². The predicted octanol–water partition coefficient (Wildman–Crippen LogP) is 0.0994. The molecule has 0 spiro atoms. The van der Waals surface area contributed by atoms with Crippen molar-refractivity contribution in [2.75, 3.05) is 5.32 Å². The van der Waals surface area contributed by atoms with Crippen LogP contribution in [-0.4, -0.2) is 31.9 Å². The van der Waals surface area contributed by atoms with Gasteiger partial charge in [-0.15, -0.1) is 5.10 Å². The molecule has 1 fully saturated rings. The van der Waals surface area contributed by atoms with Crippen molar-refractivity contribution < 1.29 is 0 Å².